The van der Waals surface area contributed by atoms with E-state index < -0.39 is 0 Å². The summed E-state index contributed by atoms with van der Waals surface area (Å²) in [7, 11) is 1.85. The summed E-state index contributed by atoms with van der Waals surface area (Å²) in [5.41, 5.74) is 2.78. The molecule has 0 amide bonds. The number of aryl methyl sites for hydroxylation is 1. The van der Waals surface area contributed by atoms with Crippen LogP contribution in [0.1, 0.15) is 22.7 Å². The van der Waals surface area contributed by atoms with Crippen LogP contribution in [0.5, 0.6) is 0 Å². The van der Waals surface area contributed by atoms with Gasteiger partial charge in [-0.2, -0.15) is 0 Å². The van der Waals surface area contributed by atoms with Gasteiger partial charge < -0.3 is 5.32 Å². The van der Waals surface area contributed by atoms with Gasteiger partial charge in [0.05, 0.1) is 6.04 Å². The third-order valence-electron chi connectivity index (χ3n) is 2.90. The van der Waals surface area contributed by atoms with E-state index in [2.05, 4.69) is 21.2 Å². The first-order valence-electron chi connectivity index (χ1n) is 5.90. The Hall–Kier alpha value is -0.900. The Balaban J connectivity index is 2.49. The summed E-state index contributed by atoms with van der Waals surface area (Å²) >= 11 is 9.49. The molecule has 0 bridgehead atoms. The Morgan fingerprint density at radius 3 is 2.37 bits per heavy atom. The number of hydrogen-bond donors (Lipinski definition) is 1. The quantitative estimate of drug-likeness (QED) is 0.840. The molecule has 2 aromatic rings. The van der Waals surface area contributed by atoms with Crippen molar-refractivity contribution in [1.82, 2.24) is 5.32 Å². The zero-order valence-corrected chi connectivity index (χ0v) is 13.0. The van der Waals surface area contributed by atoms with Gasteiger partial charge in [0.25, 0.3) is 0 Å². The van der Waals surface area contributed by atoms with Gasteiger partial charge in [-0.15, -0.1) is 0 Å². The van der Waals surface area contributed by atoms with Gasteiger partial charge in [0.15, 0.2) is 0 Å². The number of rotatable bonds is 3. The zero-order chi connectivity index (χ0) is 14.0. The molecule has 0 saturated carbocycles. The molecule has 4 heteroatoms. The van der Waals surface area contributed by atoms with Gasteiger partial charge in [0, 0.05) is 9.50 Å². The van der Waals surface area contributed by atoms with Gasteiger partial charge in [0.2, 0.25) is 0 Å². The van der Waals surface area contributed by atoms with Gasteiger partial charge in [-0.3, -0.25) is 0 Å². The highest BCUT2D eigenvalue weighted by atomic mass is 79.9. The van der Waals surface area contributed by atoms with Crippen LogP contribution in [0.3, 0.4) is 0 Å². The summed E-state index contributed by atoms with van der Waals surface area (Å²) in [4.78, 5) is 0. The van der Waals surface area contributed by atoms with Crippen molar-refractivity contribution in [2.75, 3.05) is 7.05 Å². The third-order valence-corrected chi connectivity index (χ3v) is 3.58. The van der Waals surface area contributed by atoms with Crippen molar-refractivity contribution in [1.29, 1.82) is 0 Å². The molecule has 0 radical (unpaired) electrons. The fourth-order valence-corrected chi connectivity index (χ4v) is 3.09. The molecule has 19 heavy (non-hydrogen) atoms. The summed E-state index contributed by atoms with van der Waals surface area (Å²) < 4.78 is 14.4. The van der Waals surface area contributed by atoms with E-state index in [1.165, 1.54) is 6.07 Å². The van der Waals surface area contributed by atoms with E-state index in [0.717, 1.165) is 21.2 Å². The molecule has 0 aliphatic heterocycles. The predicted molar refractivity (Wildman–Crippen MR) is 81.2 cm³/mol. The predicted octanol–water partition coefficient (Wildman–Crippen LogP) is 4.86. The van der Waals surface area contributed by atoms with Crippen molar-refractivity contribution in [3.05, 3.63) is 68.4 Å². The van der Waals surface area contributed by atoms with E-state index in [0.29, 0.717) is 5.02 Å². The first kappa shape index (κ1) is 14.5. The molecule has 1 nitrogen and oxygen atoms in total. The second kappa shape index (κ2) is 6.04. The molecule has 0 saturated heterocycles. The summed E-state index contributed by atoms with van der Waals surface area (Å²) in [6, 6.07) is 10.6. The van der Waals surface area contributed by atoms with Crippen LogP contribution in [-0.4, -0.2) is 7.05 Å². The van der Waals surface area contributed by atoms with E-state index in [9.17, 15) is 4.39 Å². The fraction of sp³-hybridized carbons (Fsp3) is 0.200. The lowest BCUT2D eigenvalue weighted by atomic mass is 9.97. The number of hydrogen-bond acceptors (Lipinski definition) is 1. The highest BCUT2D eigenvalue weighted by Crippen LogP contribution is 2.28. The Bertz CT molecular complexity index is 509. The van der Waals surface area contributed by atoms with Gasteiger partial charge in [-0.25, -0.2) is 4.39 Å². The van der Waals surface area contributed by atoms with Crippen LogP contribution in [0.4, 0.5) is 4.39 Å². The lowest BCUT2D eigenvalue weighted by Crippen LogP contribution is -2.18. The average Bonchev–Trinajstić information content (AvgIpc) is 2.27. The normalized spacial score (nSPS) is 12.5. The minimum atomic E-state index is -0.226. The largest absolute Gasteiger partial charge is 0.309 e. The minimum Gasteiger partial charge on any atom is -0.309 e. The second-order valence-electron chi connectivity index (χ2n) is 4.49. The van der Waals surface area contributed by atoms with Crippen molar-refractivity contribution in [2.45, 2.75) is 13.0 Å². The van der Waals surface area contributed by atoms with Crippen LogP contribution in [0.2, 0.25) is 5.02 Å². The fourth-order valence-electron chi connectivity index (χ4n) is 2.20. The average molecular weight is 343 g/mol. The van der Waals surface area contributed by atoms with E-state index in [4.69, 9.17) is 11.6 Å². The maximum absolute atomic E-state index is 13.5. The maximum Gasteiger partial charge on any atom is 0.123 e. The Labute approximate surface area is 125 Å². The van der Waals surface area contributed by atoms with Crippen LogP contribution in [0.25, 0.3) is 0 Å². The van der Waals surface area contributed by atoms with Crippen LogP contribution in [-0.2, 0) is 0 Å². The summed E-state index contributed by atoms with van der Waals surface area (Å²) in [5, 5.41) is 3.85. The first-order valence-corrected chi connectivity index (χ1v) is 7.07. The monoisotopic (exact) mass is 341 g/mol. The zero-order valence-electron chi connectivity index (χ0n) is 10.7. The van der Waals surface area contributed by atoms with Crippen molar-refractivity contribution in [3.8, 4) is 0 Å². The summed E-state index contributed by atoms with van der Waals surface area (Å²) in [6.45, 7) is 1.88. The van der Waals surface area contributed by atoms with Crippen LogP contribution in [0.15, 0.2) is 40.9 Å². The number of halogens is 3. The van der Waals surface area contributed by atoms with Gasteiger partial charge in [0.1, 0.15) is 5.82 Å². The minimum absolute atomic E-state index is 0.0931. The Kier molecular flexibility index (Phi) is 4.61. The molecular formula is C15H14BrClFN. The van der Waals surface area contributed by atoms with Crippen molar-refractivity contribution in [3.63, 3.8) is 0 Å². The maximum atomic E-state index is 13.5. The standard InChI is InChI=1S/C15H14BrClFN/c1-9-3-10(7-14(18)4-9)15(19-2)11-5-12(16)8-13(17)6-11/h3-8,15,19H,1-2H3. The number of nitrogens with one attached hydrogen (secondary N) is 1. The Morgan fingerprint density at radius 1 is 1.11 bits per heavy atom. The van der Waals surface area contributed by atoms with Gasteiger partial charge in [-0.05, 0) is 61.0 Å². The SMILES string of the molecule is CNC(c1cc(C)cc(F)c1)c1cc(Cl)cc(Br)c1. The lowest BCUT2D eigenvalue weighted by molar-refractivity contribution is 0.615. The van der Waals surface area contributed by atoms with E-state index in [-0.39, 0.29) is 11.9 Å². The molecular weight excluding hydrogens is 329 g/mol. The topological polar surface area (TPSA) is 12.0 Å². The van der Waals surface area contributed by atoms with Crippen molar-refractivity contribution in [2.24, 2.45) is 0 Å². The van der Waals surface area contributed by atoms with Gasteiger partial charge in [-0.1, -0.05) is 33.6 Å². The molecule has 0 spiro atoms. The van der Waals surface area contributed by atoms with Crippen LogP contribution < -0.4 is 5.32 Å². The molecule has 2 rings (SSSR count). The molecule has 1 unspecified atom stereocenters. The van der Waals surface area contributed by atoms with Crippen LogP contribution in [0, 0.1) is 12.7 Å². The molecule has 1 N–H and O–H groups in total. The first-order chi connectivity index (χ1) is 8.99. The third kappa shape index (κ3) is 3.56. The lowest BCUT2D eigenvalue weighted by Gasteiger charge is -2.18. The summed E-state index contributed by atoms with van der Waals surface area (Å²) in [5.74, 6) is -0.226. The highest BCUT2D eigenvalue weighted by Gasteiger charge is 2.14. The molecule has 0 aromatic heterocycles. The molecule has 2 aromatic carbocycles. The van der Waals surface area contributed by atoms with Gasteiger partial charge >= 0.3 is 0 Å². The number of benzene rings is 2. The molecule has 100 valence electrons. The van der Waals surface area contributed by atoms with Crippen LogP contribution >= 0.6 is 27.5 Å². The van der Waals surface area contributed by atoms with Crippen molar-refractivity contribution >= 4 is 27.5 Å². The molecule has 0 aliphatic rings. The van der Waals surface area contributed by atoms with E-state index in [1.54, 1.807) is 6.07 Å². The summed E-state index contributed by atoms with van der Waals surface area (Å²) in [6.07, 6.45) is 0. The Morgan fingerprint density at radius 2 is 1.79 bits per heavy atom. The molecule has 0 heterocycles. The van der Waals surface area contributed by atoms with E-state index >= 15 is 0 Å². The smallest absolute Gasteiger partial charge is 0.123 e. The molecule has 0 aliphatic carbocycles. The molecule has 1 atom stereocenters. The second-order valence-corrected chi connectivity index (χ2v) is 5.84. The molecule has 0 fully saturated rings. The highest BCUT2D eigenvalue weighted by molar-refractivity contribution is 9.10. The van der Waals surface area contributed by atoms with E-state index in [1.807, 2.05) is 38.2 Å². The van der Waals surface area contributed by atoms with Crippen molar-refractivity contribution < 1.29 is 4.39 Å².